The Hall–Kier alpha value is -4.66. The molecule has 0 fully saturated rings. The van der Waals surface area contributed by atoms with Gasteiger partial charge in [-0.15, -0.1) is 0 Å². The molecule has 2 N–H and O–H groups in total. The molecule has 0 bridgehead atoms. The minimum absolute atomic E-state index is 0.130. The molecule has 41 heavy (non-hydrogen) atoms. The molecule has 1 atom stereocenters. The Morgan fingerprint density at radius 1 is 0.854 bits per heavy atom. The van der Waals surface area contributed by atoms with Gasteiger partial charge in [0, 0.05) is 41.9 Å². The van der Waals surface area contributed by atoms with E-state index >= 15 is 0 Å². The van der Waals surface area contributed by atoms with E-state index in [-0.39, 0.29) is 12.1 Å². The summed E-state index contributed by atoms with van der Waals surface area (Å²) in [7, 11) is 6.45. The molecule has 9 heteroatoms. The number of rotatable bonds is 13. The molecule has 0 saturated heterocycles. The first-order chi connectivity index (χ1) is 19.9. The summed E-state index contributed by atoms with van der Waals surface area (Å²) in [6, 6.07) is 20.8. The number of carbonyl (C=O) groups excluding carboxylic acids is 1. The molecule has 0 saturated carbocycles. The van der Waals surface area contributed by atoms with Crippen LogP contribution in [0.15, 0.2) is 72.9 Å². The molecule has 4 aromatic rings. The molecule has 1 unspecified atom stereocenters. The number of hydrogen-bond donors (Lipinski definition) is 2. The first-order valence-corrected chi connectivity index (χ1v) is 13.5. The third kappa shape index (κ3) is 7.51. The van der Waals surface area contributed by atoms with Crippen molar-refractivity contribution < 1.29 is 23.7 Å². The minimum Gasteiger partial charge on any atom is -0.497 e. The molecule has 0 radical (unpaired) electrons. The molecular weight excluding hydrogens is 520 g/mol. The number of methoxy groups -OCH3 is 4. The van der Waals surface area contributed by atoms with E-state index in [1.54, 1.807) is 57.7 Å². The zero-order valence-corrected chi connectivity index (χ0v) is 24.3. The fourth-order valence-corrected chi connectivity index (χ4v) is 4.71. The van der Waals surface area contributed by atoms with Gasteiger partial charge in [0.15, 0.2) is 0 Å². The average Bonchev–Trinajstić information content (AvgIpc) is 3.00. The van der Waals surface area contributed by atoms with E-state index in [0.29, 0.717) is 30.3 Å². The van der Waals surface area contributed by atoms with Crippen molar-refractivity contribution in [2.24, 2.45) is 0 Å². The number of aromatic nitrogens is 1. The Morgan fingerprint density at radius 2 is 1.63 bits per heavy atom. The molecule has 0 aliphatic carbocycles. The minimum atomic E-state index is -0.233. The molecule has 1 heterocycles. The van der Waals surface area contributed by atoms with Crippen molar-refractivity contribution in [1.29, 1.82) is 0 Å². The summed E-state index contributed by atoms with van der Waals surface area (Å²) < 4.78 is 21.8. The second-order valence-corrected chi connectivity index (χ2v) is 9.67. The Balaban J connectivity index is 1.47. The number of nitrogens with one attached hydrogen (secondary N) is 2. The fraction of sp³-hybridized carbons (Fsp3) is 0.312. The summed E-state index contributed by atoms with van der Waals surface area (Å²) in [5.74, 6) is 2.67. The average molecular weight is 559 g/mol. The van der Waals surface area contributed by atoms with Crippen LogP contribution in [-0.2, 0) is 6.54 Å². The largest absolute Gasteiger partial charge is 0.497 e. The van der Waals surface area contributed by atoms with Crippen LogP contribution in [-0.4, -0.2) is 56.9 Å². The molecule has 4 rings (SSSR count). The van der Waals surface area contributed by atoms with Crippen LogP contribution in [0.4, 0.5) is 16.2 Å². The van der Waals surface area contributed by atoms with Crippen molar-refractivity contribution >= 4 is 28.3 Å². The molecule has 9 nitrogen and oxygen atoms in total. The summed E-state index contributed by atoms with van der Waals surface area (Å²) in [6.45, 7) is 3.05. The van der Waals surface area contributed by atoms with Gasteiger partial charge in [-0.2, -0.15) is 0 Å². The third-order valence-electron chi connectivity index (χ3n) is 6.87. The number of para-hydroxylation sites is 1. The monoisotopic (exact) mass is 558 g/mol. The van der Waals surface area contributed by atoms with E-state index in [4.69, 9.17) is 18.9 Å². The number of urea groups is 1. The van der Waals surface area contributed by atoms with Crippen LogP contribution in [0, 0.1) is 0 Å². The summed E-state index contributed by atoms with van der Waals surface area (Å²) in [5.41, 5.74) is 3.30. The second-order valence-electron chi connectivity index (χ2n) is 9.67. The van der Waals surface area contributed by atoms with E-state index in [9.17, 15) is 4.79 Å². The molecule has 2 amide bonds. The maximum atomic E-state index is 13.6. The Kier molecular flexibility index (Phi) is 10.1. The molecule has 1 aromatic heterocycles. The van der Waals surface area contributed by atoms with E-state index in [0.717, 1.165) is 46.5 Å². The van der Waals surface area contributed by atoms with Crippen LogP contribution in [0.2, 0.25) is 0 Å². The Morgan fingerprint density at radius 3 is 2.39 bits per heavy atom. The van der Waals surface area contributed by atoms with Gasteiger partial charge in [-0.1, -0.05) is 24.3 Å². The number of fused-ring (bicyclic) bond motifs is 1. The van der Waals surface area contributed by atoms with Gasteiger partial charge in [0.1, 0.15) is 23.0 Å². The number of amides is 2. The van der Waals surface area contributed by atoms with Crippen molar-refractivity contribution in [3.63, 3.8) is 0 Å². The molecule has 216 valence electrons. The van der Waals surface area contributed by atoms with E-state index in [2.05, 4.69) is 22.5 Å². The van der Waals surface area contributed by atoms with Crippen LogP contribution in [0.25, 0.3) is 10.9 Å². The lowest BCUT2D eigenvalue weighted by molar-refractivity contribution is 0.206. The quantitative estimate of drug-likeness (QED) is 0.191. The SMILES string of the molecule is COc1ccc(NC(=O)N(CCCC(C)Nc2cc(OC)cc3cccnc23)Cc2ccccc2OC)c(OC)c1. The summed E-state index contributed by atoms with van der Waals surface area (Å²) in [5, 5.41) is 7.60. The Labute approximate surface area is 241 Å². The number of pyridine rings is 1. The first-order valence-electron chi connectivity index (χ1n) is 13.5. The Bertz CT molecular complexity index is 1460. The zero-order chi connectivity index (χ0) is 29.2. The van der Waals surface area contributed by atoms with E-state index in [1.165, 1.54) is 0 Å². The smallest absolute Gasteiger partial charge is 0.322 e. The highest BCUT2D eigenvalue weighted by molar-refractivity contribution is 5.92. The topological polar surface area (TPSA) is 94.2 Å². The van der Waals surface area contributed by atoms with Crippen molar-refractivity contribution in [2.75, 3.05) is 45.6 Å². The first kappa shape index (κ1) is 29.3. The van der Waals surface area contributed by atoms with Gasteiger partial charge in [0.2, 0.25) is 0 Å². The van der Waals surface area contributed by atoms with Gasteiger partial charge in [-0.3, -0.25) is 4.98 Å². The molecule has 0 aliphatic heterocycles. The van der Waals surface area contributed by atoms with Crippen LogP contribution in [0.3, 0.4) is 0 Å². The maximum absolute atomic E-state index is 13.6. The van der Waals surface area contributed by atoms with Crippen LogP contribution in [0.1, 0.15) is 25.3 Å². The lowest BCUT2D eigenvalue weighted by Gasteiger charge is -2.25. The number of carbonyl (C=O) groups is 1. The van der Waals surface area contributed by atoms with E-state index in [1.807, 2.05) is 48.5 Å². The van der Waals surface area contributed by atoms with Crippen molar-refractivity contribution in [3.05, 3.63) is 78.5 Å². The zero-order valence-electron chi connectivity index (χ0n) is 24.3. The highest BCUT2D eigenvalue weighted by Crippen LogP contribution is 2.31. The number of ether oxygens (including phenoxy) is 4. The normalized spacial score (nSPS) is 11.4. The van der Waals surface area contributed by atoms with Crippen molar-refractivity contribution in [2.45, 2.75) is 32.4 Å². The number of hydrogen-bond acceptors (Lipinski definition) is 7. The standard InChI is InChI=1S/C32H38N4O5/c1-22(34-28-19-26(39-3)18-23-12-8-16-33-31(23)28)10-9-17-36(21-24-11-6-7-13-29(24)40-4)32(37)35-27-15-14-25(38-2)20-30(27)41-5/h6-8,11-16,18-20,22,34H,9-10,17,21H2,1-5H3,(H,35,37). The van der Waals surface area contributed by atoms with E-state index < -0.39 is 0 Å². The second kappa shape index (κ2) is 14.1. The number of nitrogens with zero attached hydrogens (tertiary/aromatic N) is 2. The lowest BCUT2D eigenvalue weighted by atomic mass is 10.1. The predicted molar refractivity (Wildman–Crippen MR) is 163 cm³/mol. The highest BCUT2D eigenvalue weighted by Gasteiger charge is 2.19. The maximum Gasteiger partial charge on any atom is 0.322 e. The highest BCUT2D eigenvalue weighted by atomic mass is 16.5. The summed E-state index contributed by atoms with van der Waals surface area (Å²) in [6.07, 6.45) is 3.38. The van der Waals surface area contributed by atoms with Gasteiger partial charge >= 0.3 is 6.03 Å². The summed E-state index contributed by atoms with van der Waals surface area (Å²) in [4.78, 5) is 19.9. The van der Waals surface area contributed by atoms with Crippen molar-refractivity contribution in [1.82, 2.24) is 9.88 Å². The molecule has 0 spiro atoms. The van der Waals surface area contributed by atoms with Gasteiger partial charge in [0.05, 0.1) is 51.9 Å². The fourth-order valence-electron chi connectivity index (χ4n) is 4.71. The third-order valence-corrected chi connectivity index (χ3v) is 6.87. The van der Waals surface area contributed by atoms with Gasteiger partial charge in [-0.05, 0) is 50.1 Å². The molecule has 3 aromatic carbocycles. The van der Waals surface area contributed by atoms with Gasteiger partial charge < -0.3 is 34.5 Å². The van der Waals surface area contributed by atoms with Crippen LogP contribution < -0.4 is 29.6 Å². The molecule has 0 aliphatic rings. The van der Waals surface area contributed by atoms with Crippen LogP contribution >= 0.6 is 0 Å². The van der Waals surface area contributed by atoms with Crippen molar-refractivity contribution in [3.8, 4) is 23.0 Å². The summed E-state index contributed by atoms with van der Waals surface area (Å²) >= 11 is 0. The van der Waals surface area contributed by atoms with Gasteiger partial charge in [-0.25, -0.2) is 4.79 Å². The lowest BCUT2D eigenvalue weighted by Crippen LogP contribution is -2.36. The number of anilines is 2. The van der Waals surface area contributed by atoms with Crippen LogP contribution in [0.5, 0.6) is 23.0 Å². The van der Waals surface area contributed by atoms with Gasteiger partial charge in [0.25, 0.3) is 0 Å². The molecular formula is C32H38N4O5. The predicted octanol–water partition coefficient (Wildman–Crippen LogP) is 6.58. The number of benzene rings is 3.